The molecule has 0 aromatic carbocycles. The highest BCUT2D eigenvalue weighted by Crippen LogP contribution is 2.40. The minimum atomic E-state index is -0.417. The Labute approximate surface area is 145 Å². The van der Waals surface area contributed by atoms with E-state index in [2.05, 4.69) is 10.6 Å². The number of anilines is 1. The molecule has 0 unspecified atom stereocenters. The smallest absolute Gasteiger partial charge is 0.341 e. The summed E-state index contributed by atoms with van der Waals surface area (Å²) in [6, 6.07) is -0.378. The van der Waals surface area contributed by atoms with Gasteiger partial charge in [-0.05, 0) is 26.3 Å². The highest BCUT2D eigenvalue weighted by atomic mass is 32.1. The fourth-order valence-electron chi connectivity index (χ4n) is 2.47. The standard InChI is InChI=1S/C16H24N2O5S/c1-5-22-14(19)12-10-8-16(2,3)23-9-11(10)24-13(12)18-15(20)17-6-7-21-4/h5-9H2,1-4H3,(H2,17,18,20). The maximum atomic E-state index is 12.4. The third-order valence-electron chi connectivity index (χ3n) is 3.59. The number of thiophene rings is 1. The molecule has 0 saturated heterocycles. The number of carbonyl (C=O) groups is 2. The summed E-state index contributed by atoms with van der Waals surface area (Å²) >= 11 is 1.36. The van der Waals surface area contributed by atoms with Gasteiger partial charge in [-0.3, -0.25) is 5.32 Å². The number of nitrogens with one attached hydrogen (secondary N) is 2. The molecular weight excluding hydrogens is 332 g/mol. The summed E-state index contributed by atoms with van der Waals surface area (Å²) in [7, 11) is 1.56. The molecule has 0 spiro atoms. The first-order valence-corrected chi connectivity index (χ1v) is 8.69. The van der Waals surface area contributed by atoms with E-state index in [1.807, 2.05) is 13.8 Å². The fraction of sp³-hybridized carbons (Fsp3) is 0.625. The Kier molecular flexibility index (Phi) is 6.20. The molecule has 1 aromatic rings. The number of amides is 2. The van der Waals surface area contributed by atoms with Crippen molar-refractivity contribution in [2.75, 3.05) is 32.2 Å². The number of hydrogen-bond donors (Lipinski definition) is 2. The average Bonchev–Trinajstić information content (AvgIpc) is 2.83. The maximum absolute atomic E-state index is 12.4. The number of carbonyl (C=O) groups excluding carboxylic acids is 2. The molecule has 0 fully saturated rings. The molecule has 0 aliphatic carbocycles. The van der Waals surface area contributed by atoms with Crippen LogP contribution in [0.4, 0.5) is 9.80 Å². The maximum Gasteiger partial charge on any atom is 0.341 e. The van der Waals surface area contributed by atoms with Crippen molar-refractivity contribution in [3.05, 3.63) is 16.0 Å². The van der Waals surface area contributed by atoms with E-state index in [1.165, 1.54) is 11.3 Å². The molecule has 0 saturated carbocycles. The quantitative estimate of drug-likeness (QED) is 0.604. The van der Waals surface area contributed by atoms with Gasteiger partial charge in [-0.2, -0.15) is 0 Å². The van der Waals surface area contributed by atoms with Gasteiger partial charge >= 0.3 is 12.0 Å². The summed E-state index contributed by atoms with van der Waals surface area (Å²) < 4.78 is 15.9. The Balaban J connectivity index is 2.25. The van der Waals surface area contributed by atoms with Crippen LogP contribution in [0.15, 0.2) is 0 Å². The summed E-state index contributed by atoms with van der Waals surface area (Å²) in [5.74, 6) is -0.417. The second kappa shape index (κ2) is 7.96. The van der Waals surface area contributed by atoms with Crippen LogP contribution in [-0.2, 0) is 27.2 Å². The van der Waals surface area contributed by atoms with E-state index in [1.54, 1.807) is 14.0 Å². The van der Waals surface area contributed by atoms with Crippen molar-refractivity contribution in [2.24, 2.45) is 0 Å². The van der Waals surface area contributed by atoms with Gasteiger partial charge in [0, 0.05) is 25.0 Å². The Morgan fingerprint density at radius 1 is 1.38 bits per heavy atom. The van der Waals surface area contributed by atoms with E-state index in [0.29, 0.717) is 36.7 Å². The van der Waals surface area contributed by atoms with Crippen LogP contribution < -0.4 is 10.6 Å². The summed E-state index contributed by atoms with van der Waals surface area (Å²) in [5.41, 5.74) is 0.991. The molecule has 2 N–H and O–H groups in total. The van der Waals surface area contributed by atoms with Crippen molar-refractivity contribution < 1.29 is 23.8 Å². The topological polar surface area (TPSA) is 85.9 Å². The molecule has 0 atom stereocenters. The first-order valence-electron chi connectivity index (χ1n) is 7.87. The number of urea groups is 1. The number of esters is 1. The second-order valence-corrected chi connectivity index (χ2v) is 7.13. The third kappa shape index (κ3) is 4.46. The van der Waals surface area contributed by atoms with E-state index in [-0.39, 0.29) is 18.2 Å². The van der Waals surface area contributed by atoms with Crippen LogP contribution in [0.3, 0.4) is 0 Å². The Morgan fingerprint density at radius 3 is 2.79 bits per heavy atom. The number of methoxy groups -OCH3 is 1. The van der Waals surface area contributed by atoms with Gasteiger partial charge < -0.3 is 19.5 Å². The Bertz CT molecular complexity index is 612. The van der Waals surface area contributed by atoms with Crippen LogP contribution in [0.25, 0.3) is 0 Å². The molecule has 24 heavy (non-hydrogen) atoms. The van der Waals surface area contributed by atoms with Gasteiger partial charge in [-0.25, -0.2) is 9.59 Å². The molecule has 2 heterocycles. The fourth-order valence-corrected chi connectivity index (χ4v) is 3.59. The lowest BCUT2D eigenvalue weighted by atomic mass is 9.93. The molecule has 1 aromatic heterocycles. The zero-order valence-corrected chi connectivity index (χ0v) is 15.3. The molecular formula is C16H24N2O5S. The normalized spacial score (nSPS) is 15.5. The Hall–Kier alpha value is -1.64. The van der Waals surface area contributed by atoms with E-state index in [0.717, 1.165) is 10.4 Å². The number of fused-ring (bicyclic) bond motifs is 1. The molecule has 8 heteroatoms. The molecule has 0 radical (unpaired) electrons. The van der Waals surface area contributed by atoms with Crippen LogP contribution in [0, 0.1) is 0 Å². The Morgan fingerprint density at radius 2 is 2.12 bits per heavy atom. The first kappa shape index (κ1) is 18.7. The molecule has 1 aliphatic rings. The highest BCUT2D eigenvalue weighted by Gasteiger charge is 2.34. The summed E-state index contributed by atoms with van der Waals surface area (Å²) in [6.45, 7) is 7.23. The van der Waals surface area contributed by atoms with Crippen molar-refractivity contribution >= 4 is 28.3 Å². The molecule has 2 amide bonds. The lowest BCUT2D eigenvalue weighted by Crippen LogP contribution is -2.32. The van der Waals surface area contributed by atoms with Gasteiger partial charge in [0.1, 0.15) is 5.00 Å². The van der Waals surface area contributed by atoms with Crippen LogP contribution in [-0.4, -0.2) is 44.5 Å². The van der Waals surface area contributed by atoms with Gasteiger partial charge in [0.15, 0.2) is 0 Å². The van der Waals surface area contributed by atoms with Crippen molar-refractivity contribution in [1.82, 2.24) is 5.32 Å². The van der Waals surface area contributed by atoms with Crippen LogP contribution in [0.5, 0.6) is 0 Å². The van der Waals surface area contributed by atoms with Crippen LogP contribution in [0.2, 0.25) is 0 Å². The lowest BCUT2D eigenvalue weighted by molar-refractivity contribution is -0.0384. The van der Waals surface area contributed by atoms with Gasteiger partial charge in [0.25, 0.3) is 0 Å². The molecule has 7 nitrogen and oxygen atoms in total. The van der Waals surface area contributed by atoms with E-state index in [9.17, 15) is 9.59 Å². The van der Waals surface area contributed by atoms with Crippen molar-refractivity contribution in [1.29, 1.82) is 0 Å². The minimum absolute atomic E-state index is 0.281. The van der Waals surface area contributed by atoms with Gasteiger partial charge in [-0.1, -0.05) is 0 Å². The summed E-state index contributed by atoms with van der Waals surface area (Å²) in [5, 5.41) is 5.92. The van der Waals surface area contributed by atoms with E-state index >= 15 is 0 Å². The van der Waals surface area contributed by atoms with Crippen LogP contribution >= 0.6 is 11.3 Å². The lowest BCUT2D eigenvalue weighted by Gasteiger charge is -2.30. The SMILES string of the molecule is CCOC(=O)c1c(NC(=O)NCCOC)sc2c1CC(C)(C)OC2. The highest BCUT2D eigenvalue weighted by molar-refractivity contribution is 7.17. The van der Waals surface area contributed by atoms with Gasteiger partial charge in [0.05, 0.1) is 31.0 Å². The average molecular weight is 356 g/mol. The second-order valence-electron chi connectivity index (χ2n) is 6.03. The third-order valence-corrected chi connectivity index (χ3v) is 4.71. The van der Waals surface area contributed by atoms with E-state index in [4.69, 9.17) is 14.2 Å². The minimum Gasteiger partial charge on any atom is -0.462 e. The van der Waals surface area contributed by atoms with Crippen molar-refractivity contribution in [2.45, 2.75) is 39.4 Å². The number of rotatable bonds is 6. The van der Waals surface area contributed by atoms with Crippen LogP contribution in [0.1, 0.15) is 41.6 Å². The predicted octanol–water partition coefficient (Wildman–Crippen LogP) is 2.54. The number of ether oxygens (including phenoxy) is 3. The molecule has 1 aliphatic heterocycles. The molecule has 2 rings (SSSR count). The van der Waals surface area contributed by atoms with Gasteiger partial charge in [0.2, 0.25) is 0 Å². The summed E-state index contributed by atoms with van der Waals surface area (Å²) in [6.07, 6.45) is 0.597. The van der Waals surface area contributed by atoms with Crippen molar-refractivity contribution in [3.63, 3.8) is 0 Å². The predicted molar refractivity (Wildman–Crippen MR) is 91.7 cm³/mol. The monoisotopic (exact) mass is 356 g/mol. The zero-order valence-electron chi connectivity index (χ0n) is 14.5. The van der Waals surface area contributed by atoms with Gasteiger partial charge in [-0.15, -0.1) is 11.3 Å². The largest absolute Gasteiger partial charge is 0.462 e. The molecule has 0 bridgehead atoms. The zero-order chi connectivity index (χ0) is 17.7. The summed E-state index contributed by atoms with van der Waals surface area (Å²) in [4.78, 5) is 25.4. The number of hydrogen-bond acceptors (Lipinski definition) is 6. The molecule has 134 valence electrons. The van der Waals surface area contributed by atoms with E-state index < -0.39 is 5.97 Å². The first-order chi connectivity index (χ1) is 11.4. The van der Waals surface area contributed by atoms with Crippen molar-refractivity contribution in [3.8, 4) is 0 Å².